The lowest BCUT2D eigenvalue weighted by Crippen LogP contribution is -2.12. The summed E-state index contributed by atoms with van der Waals surface area (Å²) in [5, 5.41) is 16.0. The lowest BCUT2D eigenvalue weighted by molar-refractivity contribution is 0.475. The zero-order chi connectivity index (χ0) is 15.4. The van der Waals surface area contributed by atoms with Gasteiger partial charge in [-0.1, -0.05) is 12.1 Å². The fourth-order valence-electron chi connectivity index (χ4n) is 1.98. The largest absolute Gasteiger partial charge is 0.508 e. The molecule has 1 N–H and O–H groups in total. The van der Waals surface area contributed by atoms with Gasteiger partial charge in [0.25, 0.3) is 0 Å². The lowest BCUT2D eigenvalue weighted by Gasteiger charge is -2.00. The summed E-state index contributed by atoms with van der Waals surface area (Å²) in [6.07, 6.45) is 3.32. The molecule has 2 heterocycles. The highest BCUT2D eigenvalue weighted by molar-refractivity contribution is 7.07. The van der Waals surface area contributed by atoms with E-state index in [-0.39, 0.29) is 5.75 Å². The molecule has 0 aliphatic carbocycles. The van der Waals surface area contributed by atoms with Crippen LogP contribution in [0, 0.1) is 0 Å². The molecule has 3 aromatic rings. The number of rotatable bonds is 4. The Kier molecular flexibility index (Phi) is 4.20. The topological polar surface area (TPSA) is 63.0 Å². The van der Waals surface area contributed by atoms with E-state index in [1.807, 2.05) is 30.5 Å². The first kappa shape index (κ1) is 14.3. The normalized spacial score (nSPS) is 12.3. The Bertz CT molecular complexity index is 844. The average Bonchev–Trinajstić information content (AvgIpc) is 3.15. The second-order valence-electron chi connectivity index (χ2n) is 4.51. The highest BCUT2D eigenvalue weighted by atomic mass is 32.1. The van der Waals surface area contributed by atoms with Gasteiger partial charge in [-0.25, -0.2) is 4.68 Å². The maximum atomic E-state index is 9.51. The predicted molar refractivity (Wildman–Crippen MR) is 87.2 cm³/mol. The van der Waals surface area contributed by atoms with E-state index >= 15 is 0 Å². The zero-order valence-electron chi connectivity index (χ0n) is 12.0. The second-order valence-corrected chi connectivity index (χ2v) is 5.34. The molecule has 0 bridgehead atoms. The molecule has 0 spiro atoms. The Morgan fingerprint density at radius 1 is 1.32 bits per heavy atom. The van der Waals surface area contributed by atoms with Crippen LogP contribution in [-0.4, -0.2) is 22.5 Å². The number of phenolic OH excluding ortho intramolecular Hbond substituents is 1. The molecule has 0 saturated heterocycles. The number of benzene rings is 1. The number of hydrogen-bond acceptors (Lipinski definition) is 5. The summed E-state index contributed by atoms with van der Waals surface area (Å²) in [5.74, 6) is 0.950. The third-order valence-electron chi connectivity index (χ3n) is 2.94. The molecule has 0 saturated carbocycles. The molecule has 0 aliphatic heterocycles. The Balaban J connectivity index is 2.05. The fraction of sp³-hybridized carbons (Fsp3) is 0.125. The summed E-state index contributed by atoms with van der Waals surface area (Å²) >= 11 is 1.51. The first-order valence-electron chi connectivity index (χ1n) is 6.86. The number of furan rings is 1. The molecule has 2 aromatic heterocycles. The summed E-state index contributed by atoms with van der Waals surface area (Å²) in [4.78, 5) is 5.24. The van der Waals surface area contributed by atoms with Crippen molar-refractivity contribution in [3.8, 4) is 17.2 Å². The van der Waals surface area contributed by atoms with E-state index in [1.165, 1.54) is 11.3 Å². The zero-order valence-corrected chi connectivity index (χ0v) is 12.8. The van der Waals surface area contributed by atoms with Crippen LogP contribution in [0.4, 0.5) is 0 Å². The van der Waals surface area contributed by atoms with E-state index in [2.05, 4.69) is 10.1 Å². The van der Waals surface area contributed by atoms with E-state index in [0.29, 0.717) is 6.54 Å². The van der Waals surface area contributed by atoms with Gasteiger partial charge >= 0.3 is 0 Å². The van der Waals surface area contributed by atoms with E-state index in [1.54, 1.807) is 35.4 Å². The van der Waals surface area contributed by atoms with Gasteiger partial charge < -0.3 is 9.52 Å². The van der Waals surface area contributed by atoms with E-state index < -0.39 is 0 Å². The van der Waals surface area contributed by atoms with Crippen molar-refractivity contribution in [1.29, 1.82) is 0 Å². The third kappa shape index (κ3) is 3.01. The summed E-state index contributed by atoms with van der Waals surface area (Å²) in [6, 6.07) is 10.7. The van der Waals surface area contributed by atoms with Gasteiger partial charge in [-0.2, -0.15) is 5.10 Å². The maximum Gasteiger partial charge on any atom is 0.206 e. The lowest BCUT2D eigenvalue weighted by atomic mass is 10.2. The Labute approximate surface area is 131 Å². The Hall–Kier alpha value is -2.60. The quantitative estimate of drug-likeness (QED) is 0.751. The van der Waals surface area contributed by atoms with Crippen LogP contribution in [0.1, 0.15) is 12.5 Å². The maximum absolute atomic E-state index is 9.51. The van der Waals surface area contributed by atoms with Crippen molar-refractivity contribution in [3.63, 3.8) is 0 Å². The molecule has 0 atom stereocenters. The number of aromatic hydroxyl groups is 1. The van der Waals surface area contributed by atoms with Crippen molar-refractivity contribution < 1.29 is 9.52 Å². The van der Waals surface area contributed by atoms with Gasteiger partial charge in [-0.3, -0.25) is 4.99 Å². The molecular formula is C16H15N3O2S. The summed E-state index contributed by atoms with van der Waals surface area (Å²) in [5.41, 5.74) is 1.66. The summed E-state index contributed by atoms with van der Waals surface area (Å²) in [7, 11) is 0. The van der Waals surface area contributed by atoms with Crippen molar-refractivity contribution in [2.24, 2.45) is 10.1 Å². The van der Waals surface area contributed by atoms with Crippen LogP contribution in [0.15, 0.2) is 62.6 Å². The SMILES string of the molecule is CCN=c1scc(-c2ccco2)n1N=Cc1cccc(O)c1. The molecule has 0 amide bonds. The number of hydrogen-bond donors (Lipinski definition) is 1. The van der Waals surface area contributed by atoms with Gasteiger partial charge in [0.15, 0.2) is 5.76 Å². The van der Waals surface area contributed by atoms with Gasteiger partial charge in [-0.05, 0) is 36.8 Å². The van der Waals surface area contributed by atoms with E-state index in [4.69, 9.17) is 4.42 Å². The highest BCUT2D eigenvalue weighted by Crippen LogP contribution is 2.20. The van der Waals surface area contributed by atoms with Gasteiger partial charge in [0.05, 0.1) is 12.5 Å². The van der Waals surface area contributed by atoms with E-state index in [0.717, 1.165) is 21.8 Å². The molecule has 0 fully saturated rings. The van der Waals surface area contributed by atoms with Crippen molar-refractivity contribution >= 4 is 17.6 Å². The molecule has 1 aromatic carbocycles. The molecule has 0 aliphatic rings. The van der Waals surface area contributed by atoms with Gasteiger partial charge in [0.2, 0.25) is 4.80 Å². The van der Waals surface area contributed by atoms with Crippen LogP contribution in [0.3, 0.4) is 0 Å². The van der Waals surface area contributed by atoms with Gasteiger partial charge in [0.1, 0.15) is 11.4 Å². The minimum absolute atomic E-state index is 0.212. The first-order chi connectivity index (χ1) is 10.8. The van der Waals surface area contributed by atoms with Crippen LogP contribution in [-0.2, 0) is 0 Å². The minimum atomic E-state index is 0.212. The molecule has 0 unspecified atom stereocenters. The summed E-state index contributed by atoms with van der Waals surface area (Å²) < 4.78 is 7.20. The van der Waals surface area contributed by atoms with Crippen molar-refractivity contribution in [2.45, 2.75) is 6.92 Å². The van der Waals surface area contributed by atoms with Gasteiger partial charge in [0, 0.05) is 11.9 Å². The Morgan fingerprint density at radius 3 is 2.95 bits per heavy atom. The van der Waals surface area contributed by atoms with Crippen molar-refractivity contribution in [3.05, 3.63) is 58.4 Å². The minimum Gasteiger partial charge on any atom is -0.508 e. The molecule has 5 nitrogen and oxygen atoms in total. The fourth-order valence-corrected chi connectivity index (χ4v) is 2.86. The number of thiazole rings is 1. The van der Waals surface area contributed by atoms with Crippen molar-refractivity contribution in [2.75, 3.05) is 6.54 Å². The Morgan fingerprint density at radius 2 is 2.23 bits per heavy atom. The molecule has 22 heavy (non-hydrogen) atoms. The molecule has 112 valence electrons. The summed E-state index contributed by atoms with van der Waals surface area (Å²) in [6.45, 7) is 2.66. The smallest absolute Gasteiger partial charge is 0.206 e. The standard InChI is InChI=1S/C16H15N3O2S/c1-2-17-16-19(14(11-22-16)15-7-4-8-21-15)18-10-12-5-3-6-13(20)9-12/h3-11,20H,2H2,1H3. The molecular weight excluding hydrogens is 298 g/mol. The van der Waals surface area contributed by atoms with Gasteiger partial charge in [-0.15, -0.1) is 11.3 Å². The molecule has 0 radical (unpaired) electrons. The predicted octanol–water partition coefficient (Wildman–Crippen LogP) is 3.32. The highest BCUT2D eigenvalue weighted by Gasteiger charge is 2.09. The number of nitrogens with zero attached hydrogens (tertiary/aromatic N) is 3. The third-order valence-corrected chi connectivity index (χ3v) is 3.80. The number of aromatic nitrogens is 1. The second kappa shape index (κ2) is 6.44. The van der Waals surface area contributed by atoms with Crippen LogP contribution >= 0.6 is 11.3 Å². The molecule has 3 rings (SSSR count). The van der Waals surface area contributed by atoms with Crippen molar-refractivity contribution in [1.82, 2.24) is 4.68 Å². The monoisotopic (exact) mass is 313 g/mol. The van der Waals surface area contributed by atoms with E-state index in [9.17, 15) is 5.11 Å². The number of phenols is 1. The first-order valence-corrected chi connectivity index (χ1v) is 7.74. The van der Waals surface area contributed by atoms with Crippen LogP contribution in [0.5, 0.6) is 5.75 Å². The average molecular weight is 313 g/mol. The molecule has 6 heteroatoms. The van der Waals surface area contributed by atoms with Crippen LogP contribution in [0.2, 0.25) is 0 Å². The van der Waals surface area contributed by atoms with Crippen LogP contribution in [0.25, 0.3) is 11.5 Å². The van der Waals surface area contributed by atoms with Crippen LogP contribution < -0.4 is 4.80 Å².